The largest absolute Gasteiger partial charge is 0.379 e. The molecule has 17 heavy (non-hydrogen) atoms. The molecule has 0 saturated heterocycles. The second-order valence-electron chi connectivity index (χ2n) is 4.56. The highest BCUT2D eigenvalue weighted by atomic mass is 15.0. The molecule has 0 fully saturated rings. The van der Waals surface area contributed by atoms with Crippen molar-refractivity contribution >= 4 is 5.69 Å². The van der Waals surface area contributed by atoms with Crippen molar-refractivity contribution in [1.82, 2.24) is 0 Å². The van der Waals surface area contributed by atoms with E-state index in [1.165, 1.54) is 11.3 Å². The predicted molar refractivity (Wildman–Crippen MR) is 77.5 cm³/mol. The fourth-order valence-corrected chi connectivity index (χ4v) is 2.11. The lowest BCUT2D eigenvalue weighted by Gasteiger charge is -2.34. The fourth-order valence-electron chi connectivity index (χ4n) is 2.11. The average molecular weight is 229 g/mol. The molecule has 1 N–H and O–H groups in total. The van der Waals surface area contributed by atoms with Gasteiger partial charge in [-0.2, -0.15) is 0 Å². The summed E-state index contributed by atoms with van der Waals surface area (Å²) in [6, 6.07) is 8.39. The third-order valence-electron chi connectivity index (χ3n) is 3.29. The third-order valence-corrected chi connectivity index (χ3v) is 3.29. The van der Waals surface area contributed by atoms with Gasteiger partial charge in [-0.3, -0.25) is 0 Å². The summed E-state index contributed by atoms with van der Waals surface area (Å²) < 4.78 is 0. The minimum Gasteiger partial charge on any atom is -0.379 e. The van der Waals surface area contributed by atoms with E-state index in [4.69, 9.17) is 0 Å². The first-order chi connectivity index (χ1) is 8.17. The molecule has 0 saturated carbocycles. The number of hydrogen-bond donors (Lipinski definition) is 1. The molecular formula is C16H23N. The highest BCUT2D eigenvalue weighted by molar-refractivity contribution is 5.52. The van der Waals surface area contributed by atoms with Gasteiger partial charge in [0.25, 0.3) is 0 Å². The molecule has 92 valence electrons. The van der Waals surface area contributed by atoms with Crippen molar-refractivity contribution in [3.63, 3.8) is 0 Å². The van der Waals surface area contributed by atoms with Crippen LogP contribution >= 0.6 is 0 Å². The van der Waals surface area contributed by atoms with Crippen LogP contribution in [0, 0.1) is 6.92 Å². The first-order valence-electron chi connectivity index (χ1n) is 6.23. The number of anilines is 1. The van der Waals surface area contributed by atoms with E-state index < -0.39 is 0 Å². The average Bonchev–Trinajstić information content (AvgIpc) is 2.33. The van der Waals surface area contributed by atoms with Crippen LogP contribution in [0.5, 0.6) is 0 Å². The van der Waals surface area contributed by atoms with Gasteiger partial charge in [0.1, 0.15) is 0 Å². The Morgan fingerprint density at radius 3 is 2.24 bits per heavy atom. The Morgan fingerprint density at radius 2 is 1.76 bits per heavy atom. The summed E-state index contributed by atoms with van der Waals surface area (Å²) in [6.45, 7) is 12.1. The summed E-state index contributed by atoms with van der Waals surface area (Å²) in [4.78, 5) is 0. The van der Waals surface area contributed by atoms with Gasteiger partial charge in [0.05, 0.1) is 0 Å². The van der Waals surface area contributed by atoms with Gasteiger partial charge in [-0.25, -0.2) is 0 Å². The van der Waals surface area contributed by atoms with E-state index in [-0.39, 0.29) is 5.54 Å². The summed E-state index contributed by atoms with van der Waals surface area (Å²) in [5.41, 5.74) is 2.53. The fraction of sp³-hybridized carbons (Fsp3) is 0.375. The van der Waals surface area contributed by atoms with E-state index in [1.54, 1.807) is 0 Å². The smallest absolute Gasteiger partial charge is 0.0439 e. The topological polar surface area (TPSA) is 12.0 Å². The molecule has 0 aliphatic heterocycles. The SMILES string of the molecule is C=CCC(CC)(CC=C)Nc1ccccc1C. The van der Waals surface area contributed by atoms with Gasteiger partial charge in [-0.05, 0) is 37.8 Å². The second kappa shape index (κ2) is 6.29. The summed E-state index contributed by atoms with van der Waals surface area (Å²) in [7, 11) is 0. The van der Waals surface area contributed by atoms with Crippen LogP contribution in [-0.4, -0.2) is 5.54 Å². The normalized spacial score (nSPS) is 10.9. The Labute approximate surface area is 105 Å². The minimum atomic E-state index is 0.0512. The molecular weight excluding hydrogens is 206 g/mol. The monoisotopic (exact) mass is 229 g/mol. The Morgan fingerprint density at radius 1 is 1.18 bits per heavy atom. The number of para-hydroxylation sites is 1. The lowest BCUT2D eigenvalue weighted by molar-refractivity contribution is 0.460. The number of aryl methyl sites for hydroxylation is 1. The summed E-state index contributed by atoms with van der Waals surface area (Å²) in [6.07, 6.45) is 6.92. The van der Waals surface area contributed by atoms with Crippen molar-refractivity contribution in [2.24, 2.45) is 0 Å². The molecule has 0 aliphatic carbocycles. The van der Waals surface area contributed by atoms with Crippen LogP contribution in [0.25, 0.3) is 0 Å². The molecule has 1 aromatic rings. The molecule has 1 heteroatoms. The maximum Gasteiger partial charge on any atom is 0.0439 e. The number of nitrogens with one attached hydrogen (secondary N) is 1. The van der Waals surface area contributed by atoms with Crippen LogP contribution in [-0.2, 0) is 0 Å². The van der Waals surface area contributed by atoms with Crippen molar-refractivity contribution in [2.75, 3.05) is 5.32 Å². The molecule has 0 unspecified atom stereocenters. The Hall–Kier alpha value is -1.50. The Balaban J connectivity index is 2.96. The molecule has 1 nitrogen and oxygen atoms in total. The van der Waals surface area contributed by atoms with Gasteiger partial charge >= 0.3 is 0 Å². The predicted octanol–water partition coefficient (Wildman–Crippen LogP) is 4.71. The first-order valence-corrected chi connectivity index (χ1v) is 6.23. The van der Waals surface area contributed by atoms with Crippen LogP contribution < -0.4 is 5.32 Å². The molecule has 1 rings (SSSR count). The lowest BCUT2D eigenvalue weighted by atomic mass is 9.87. The standard InChI is InChI=1S/C16H23N/c1-5-12-16(7-3,13-6-2)17-15-11-9-8-10-14(15)4/h5-6,8-11,17H,1-2,7,12-13H2,3-4H3. The second-order valence-corrected chi connectivity index (χ2v) is 4.56. The molecule has 1 aromatic carbocycles. The van der Waals surface area contributed by atoms with Gasteiger partial charge < -0.3 is 5.32 Å². The highest BCUT2D eigenvalue weighted by Gasteiger charge is 2.25. The number of benzene rings is 1. The zero-order valence-electron chi connectivity index (χ0n) is 11.0. The third kappa shape index (κ3) is 3.48. The molecule has 0 radical (unpaired) electrons. The summed E-state index contributed by atoms with van der Waals surface area (Å²) in [5, 5.41) is 3.67. The van der Waals surface area contributed by atoms with E-state index in [0.717, 1.165) is 19.3 Å². The van der Waals surface area contributed by atoms with E-state index >= 15 is 0 Å². The van der Waals surface area contributed by atoms with Gasteiger partial charge in [-0.1, -0.05) is 37.3 Å². The number of hydrogen-bond acceptors (Lipinski definition) is 1. The highest BCUT2D eigenvalue weighted by Crippen LogP contribution is 2.28. The van der Waals surface area contributed by atoms with Crippen LogP contribution in [0.3, 0.4) is 0 Å². The summed E-state index contributed by atoms with van der Waals surface area (Å²) in [5.74, 6) is 0. The van der Waals surface area contributed by atoms with E-state index in [1.807, 2.05) is 12.2 Å². The summed E-state index contributed by atoms with van der Waals surface area (Å²) >= 11 is 0. The molecule has 0 aliphatic rings. The molecule has 0 aromatic heterocycles. The van der Waals surface area contributed by atoms with Gasteiger partial charge in [-0.15, -0.1) is 13.2 Å². The zero-order chi connectivity index (χ0) is 12.7. The van der Waals surface area contributed by atoms with Crippen molar-refractivity contribution < 1.29 is 0 Å². The molecule has 0 atom stereocenters. The maximum atomic E-state index is 3.87. The van der Waals surface area contributed by atoms with Crippen molar-refractivity contribution in [1.29, 1.82) is 0 Å². The molecule has 0 spiro atoms. The van der Waals surface area contributed by atoms with Crippen molar-refractivity contribution in [3.8, 4) is 0 Å². The molecule has 0 amide bonds. The maximum absolute atomic E-state index is 3.87. The van der Waals surface area contributed by atoms with E-state index in [2.05, 4.69) is 56.6 Å². The Bertz CT molecular complexity index is 369. The van der Waals surface area contributed by atoms with Gasteiger partial charge in [0, 0.05) is 11.2 Å². The van der Waals surface area contributed by atoms with Crippen LogP contribution in [0.4, 0.5) is 5.69 Å². The Kier molecular flexibility index (Phi) is 5.02. The lowest BCUT2D eigenvalue weighted by Crippen LogP contribution is -2.36. The zero-order valence-corrected chi connectivity index (χ0v) is 11.0. The van der Waals surface area contributed by atoms with Crippen molar-refractivity contribution in [2.45, 2.75) is 38.6 Å². The minimum absolute atomic E-state index is 0.0512. The van der Waals surface area contributed by atoms with Gasteiger partial charge in [0.15, 0.2) is 0 Å². The van der Waals surface area contributed by atoms with Crippen LogP contribution in [0.15, 0.2) is 49.6 Å². The molecule has 0 bridgehead atoms. The van der Waals surface area contributed by atoms with E-state index in [9.17, 15) is 0 Å². The van der Waals surface area contributed by atoms with Crippen LogP contribution in [0.1, 0.15) is 31.7 Å². The molecule has 0 heterocycles. The number of rotatable bonds is 7. The first kappa shape index (κ1) is 13.6. The van der Waals surface area contributed by atoms with Gasteiger partial charge in [0.2, 0.25) is 0 Å². The van der Waals surface area contributed by atoms with Crippen LogP contribution in [0.2, 0.25) is 0 Å². The van der Waals surface area contributed by atoms with E-state index in [0.29, 0.717) is 0 Å². The quantitative estimate of drug-likeness (QED) is 0.668. The van der Waals surface area contributed by atoms with Crippen molar-refractivity contribution in [3.05, 3.63) is 55.1 Å².